The van der Waals surface area contributed by atoms with Gasteiger partial charge in [0.05, 0.1) is 17.9 Å². The highest BCUT2D eigenvalue weighted by atomic mass is 32.2. The van der Waals surface area contributed by atoms with Crippen LogP contribution in [0.3, 0.4) is 0 Å². The second-order valence-corrected chi connectivity index (χ2v) is 4.38. The molecule has 4 nitrogen and oxygen atoms in total. The molecule has 0 saturated heterocycles. The quantitative estimate of drug-likeness (QED) is 0.469. The summed E-state index contributed by atoms with van der Waals surface area (Å²) in [6.07, 6.45) is 1.36. The number of unbranched alkanes of at least 4 members (excludes halogenated alkanes) is 1. The molecule has 0 aromatic rings. The summed E-state index contributed by atoms with van der Waals surface area (Å²) in [4.78, 5) is 11.3. The Morgan fingerprint density at radius 1 is 1.53 bits per heavy atom. The summed E-state index contributed by atoms with van der Waals surface area (Å²) in [5.74, 6) is 0.600. The third-order valence-electron chi connectivity index (χ3n) is 1.66. The second kappa shape index (κ2) is 9.81. The minimum Gasteiger partial charge on any atom is -0.462 e. The topological polar surface area (TPSA) is 59.3 Å². The van der Waals surface area contributed by atoms with Crippen molar-refractivity contribution in [2.24, 2.45) is 0 Å². The molecule has 0 saturated carbocycles. The van der Waals surface area contributed by atoms with Gasteiger partial charge in [-0.15, -0.1) is 11.8 Å². The molecule has 0 aliphatic carbocycles. The molecule has 0 aliphatic rings. The van der Waals surface area contributed by atoms with E-state index >= 15 is 0 Å². The zero-order valence-electron chi connectivity index (χ0n) is 9.19. The minimum atomic E-state index is -0.214. The fourth-order valence-electron chi connectivity index (χ4n) is 0.822. The Labute approximate surface area is 94.9 Å². The first kappa shape index (κ1) is 14.3. The Hall–Kier alpha value is -0.730. The van der Waals surface area contributed by atoms with Crippen molar-refractivity contribution in [3.63, 3.8) is 0 Å². The van der Waals surface area contributed by atoms with Crippen molar-refractivity contribution in [3.8, 4) is 6.07 Å². The number of carbonyl (C=O) groups is 1. The van der Waals surface area contributed by atoms with E-state index in [0.29, 0.717) is 19.6 Å². The van der Waals surface area contributed by atoms with Crippen molar-refractivity contribution < 1.29 is 14.3 Å². The average molecular weight is 231 g/mol. The molecular weight excluding hydrogens is 214 g/mol. The monoisotopic (exact) mass is 231 g/mol. The van der Waals surface area contributed by atoms with Crippen LogP contribution in [-0.4, -0.2) is 37.3 Å². The molecule has 0 aliphatic heterocycles. The van der Waals surface area contributed by atoms with E-state index in [9.17, 15) is 4.79 Å². The first-order valence-corrected chi connectivity index (χ1v) is 5.91. The van der Waals surface area contributed by atoms with E-state index in [0.717, 1.165) is 12.2 Å². The van der Waals surface area contributed by atoms with Crippen molar-refractivity contribution in [1.82, 2.24) is 0 Å². The van der Waals surface area contributed by atoms with Gasteiger partial charge in [0, 0.05) is 13.5 Å². The number of rotatable bonds is 8. The summed E-state index contributed by atoms with van der Waals surface area (Å²) >= 11 is 1.52. The molecule has 0 spiro atoms. The van der Waals surface area contributed by atoms with E-state index in [1.54, 1.807) is 7.11 Å². The fraction of sp³-hybridized carbons (Fsp3) is 0.800. The molecule has 0 bridgehead atoms. The van der Waals surface area contributed by atoms with Crippen LogP contribution in [0, 0.1) is 11.3 Å². The van der Waals surface area contributed by atoms with Gasteiger partial charge >= 0.3 is 5.97 Å². The first-order valence-electron chi connectivity index (χ1n) is 4.86. The van der Waals surface area contributed by atoms with E-state index in [-0.39, 0.29) is 11.2 Å². The number of nitrogens with zero attached hydrogens (tertiary/aromatic N) is 1. The molecule has 0 rings (SSSR count). The molecule has 0 aromatic carbocycles. The molecule has 86 valence electrons. The van der Waals surface area contributed by atoms with Gasteiger partial charge in [-0.3, -0.25) is 4.79 Å². The largest absolute Gasteiger partial charge is 0.462 e. The van der Waals surface area contributed by atoms with Gasteiger partial charge < -0.3 is 9.47 Å². The maximum Gasteiger partial charge on any atom is 0.318 e. The van der Waals surface area contributed by atoms with Crippen LogP contribution in [-0.2, 0) is 14.3 Å². The maximum atomic E-state index is 11.3. The minimum absolute atomic E-state index is 0.166. The van der Waals surface area contributed by atoms with Crippen LogP contribution >= 0.6 is 11.8 Å². The third kappa shape index (κ3) is 8.28. The number of thioether (sulfide) groups is 1. The van der Waals surface area contributed by atoms with Gasteiger partial charge in [0.1, 0.15) is 6.61 Å². The third-order valence-corrected chi connectivity index (χ3v) is 2.88. The van der Waals surface area contributed by atoms with Crippen molar-refractivity contribution in [2.75, 3.05) is 26.1 Å². The summed E-state index contributed by atoms with van der Waals surface area (Å²) in [5, 5.41) is 8.15. The predicted octanol–water partition coefficient (Wildman–Crippen LogP) is 1.60. The van der Waals surface area contributed by atoms with Crippen molar-refractivity contribution in [1.29, 1.82) is 5.26 Å². The normalized spacial score (nSPS) is 11.8. The lowest BCUT2D eigenvalue weighted by molar-refractivity contribution is -0.143. The number of hydrogen-bond donors (Lipinski definition) is 0. The number of nitriles is 1. The fourth-order valence-corrected chi connectivity index (χ4v) is 1.69. The zero-order chi connectivity index (χ0) is 11.5. The summed E-state index contributed by atoms with van der Waals surface area (Å²) in [6, 6.07) is 2.07. The van der Waals surface area contributed by atoms with Crippen LogP contribution in [0.5, 0.6) is 0 Å². The summed E-state index contributed by atoms with van der Waals surface area (Å²) in [6.45, 7) is 2.54. The zero-order valence-corrected chi connectivity index (χ0v) is 10.0. The molecule has 0 N–H and O–H groups in total. The lowest BCUT2D eigenvalue weighted by atomic mass is 10.4. The summed E-state index contributed by atoms with van der Waals surface area (Å²) < 4.78 is 9.72. The van der Waals surface area contributed by atoms with Crippen molar-refractivity contribution >= 4 is 17.7 Å². The Kier molecular flexibility index (Phi) is 9.33. The van der Waals surface area contributed by atoms with Gasteiger partial charge in [-0.2, -0.15) is 5.26 Å². The molecule has 0 radical (unpaired) electrons. The van der Waals surface area contributed by atoms with Crippen LogP contribution in [0.15, 0.2) is 0 Å². The Morgan fingerprint density at radius 3 is 2.87 bits per heavy atom. The molecule has 1 atom stereocenters. The van der Waals surface area contributed by atoms with Crippen LogP contribution in [0.1, 0.15) is 19.8 Å². The summed E-state index contributed by atoms with van der Waals surface area (Å²) in [5.41, 5.74) is 0. The molecule has 15 heavy (non-hydrogen) atoms. The number of carbonyl (C=O) groups excluding carboxylic acids is 1. The summed E-state index contributed by atoms with van der Waals surface area (Å²) in [7, 11) is 1.56. The van der Waals surface area contributed by atoms with E-state index < -0.39 is 0 Å². The lowest BCUT2D eigenvalue weighted by Gasteiger charge is -2.10. The maximum absolute atomic E-state index is 11.3. The second-order valence-electron chi connectivity index (χ2n) is 2.93. The molecule has 0 heterocycles. The highest BCUT2D eigenvalue weighted by Crippen LogP contribution is 2.13. The molecule has 5 heteroatoms. The SMILES string of the molecule is COCCOC(=O)C(C)SCCCC#N. The lowest BCUT2D eigenvalue weighted by Crippen LogP contribution is -2.19. The number of esters is 1. The van der Waals surface area contributed by atoms with Crippen LogP contribution in [0.25, 0.3) is 0 Å². The first-order chi connectivity index (χ1) is 7.22. The highest BCUT2D eigenvalue weighted by Gasteiger charge is 2.13. The van der Waals surface area contributed by atoms with Crippen LogP contribution in [0.2, 0.25) is 0 Å². The van der Waals surface area contributed by atoms with Gasteiger partial charge in [0.25, 0.3) is 0 Å². The van der Waals surface area contributed by atoms with E-state index in [1.807, 2.05) is 6.92 Å². The Bertz CT molecular complexity index is 215. The molecule has 0 fully saturated rings. The number of methoxy groups -OCH3 is 1. The standard InChI is InChI=1S/C10H17NO3S/c1-9(15-8-4-3-5-11)10(12)14-7-6-13-2/h9H,3-4,6-8H2,1-2H3. The van der Waals surface area contributed by atoms with Gasteiger partial charge in [-0.25, -0.2) is 0 Å². The molecule has 0 amide bonds. The van der Waals surface area contributed by atoms with Gasteiger partial charge in [0.15, 0.2) is 0 Å². The van der Waals surface area contributed by atoms with Gasteiger partial charge in [-0.05, 0) is 19.1 Å². The Morgan fingerprint density at radius 2 is 2.27 bits per heavy atom. The van der Waals surface area contributed by atoms with Gasteiger partial charge in [0.2, 0.25) is 0 Å². The average Bonchev–Trinajstić information content (AvgIpc) is 2.24. The van der Waals surface area contributed by atoms with Crippen molar-refractivity contribution in [2.45, 2.75) is 25.0 Å². The predicted molar refractivity (Wildman–Crippen MR) is 59.6 cm³/mol. The van der Waals surface area contributed by atoms with Crippen LogP contribution in [0.4, 0.5) is 0 Å². The van der Waals surface area contributed by atoms with Crippen molar-refractivity contribution in [3.05, 3.63) is 0 Å². The molecule has 0 aromatic heterocycles. The number of hydrogen-bond acceptors (Lipinski definition) is 5. The highest BCUT2D eigenvalue weighted by molar-refractivity contribution is 8.00. The smallest absolute Gasteiger partial charge is 0.318 e. The Balaban J connectivity index is 3.47. The van der Waals surface area contributed by atoms with Crippen LogP contribution < -0.4 is 0 Å². The van der Waals surface area contributed by atoms with Gasteiger partial charge in [-0.1, -0.05) is 0 Å². The van der Waals surface area contributed by atoms with E-state index in [2.05, 4.69) is 6.07 Å². The molecular formula is C10H17NO3S. The van der Waals surface area contributed by atoms with E-state index in [1.165, 1.54) is 11.8 Å². The van der Waals surface area contributed by atoms with E-state index in [4.69, 9.17) is 14.7 Å². The number of ether oxygens (including phenoxy) is 2. The molecule has 1 unspecified atom stereocenters.